The first-order chi connectivity index (χ1) is 7.22. The van der Waals surface area contributed by atoms with Crippen LogP contribution >= 0.6 is 0 Å². The lowest BCUT2D eigenvalue weighted by Gasteiger charge is -2.19. The predicted molar refractivity (Wildman–Crippen MR) is 52.4 cm³/mol. The molecule has 0 aromatic carbocycles. The summed E-state index contributed by atoms with van der Waals surface area (Å²) in [5.41, 5.74) is -0.489. The van der Waals surface area contributed by atoms with Crippen molar-refractivity contribution in [1.82, 2.24) is 9.97 Å². The number of hydrogen-bond acceptors (Lipinski definition) is 4. The summed E-state index contributed by atoms with van der Waals surface area (Å²) in [6, 6.07) is 0. The van der Waals surface area contributed by atoms with Gasteiger partial charge in [-0.25, -0.2) is 4.98 Å². The van der Waals surface area contributed by atoms with Gasteiger partial charge in [-0.05, 0) is 12.3 Å². The van der Waals surface area contributed by atoms with Gasteiger partial charge in [0.2, 0.25) is 0 Å². The van der Waals surface area contributed by atoms with Gasteiger partial charge < -0.3 is 10.0 Å². The van der Waals surface area contributed by atoms with Crippen molar-refractivity contribution < 1.29 is 9.90 Å². The van der Waals surface area contributed by atoms with Gasteiger partial charge in [-0.1, -0.05) is 0 Å². The van der Waals surface area contributed by atoms with Crippen molar-refractivity contribution in [1.29, 1.82) is 0 Å². The molecule has 1 N–H and O–H groups in total. The summed E-state index contributed by atoms with van der Waals surface area (Å²) in [4.78, 5) is 21.3. The maximum atomic E-state index is 11.1. The van der Waals surface area contributed by atoms with E-state index in [2.05, 4.69) is 9.97 Å². The first-order valence-electron chi connectivity index (χ1n) is 4.97. The highest BCUT2D eigenvalue weighted by Gasteiger charge is 2.65. The summed E-state index contributed by atoms with van der Waals surface area (Å²) < 4.78 is 0. The molecule has 1 aromatic rings. The highest BCUT2D eigenvalue weighted by atomic mass is 16.4. The van der Waals surface area contributed by atoms with Gasteiger partial charge in [0.1, 0.15) is 5.82 Å². The van der Waals surface area contributed by atoms with Gasteiger partial charge in [0, 0.05) is 25.5 Å². The second-order valence-corrected chi connectivity index (χ2v) is 4.31. The highest BCUT2D eigenvalue weighted by molar-refractivity contribution is 5.81. The van der Waals surface area contributed by atoms with Crippen molar-refractivity contribution in [2.24, 2.45) is 11.3 Å². The quantitative estimate of drug-likeness (QED) is 0.756. The fraction of sp³-hybridized carbons (Fsp3) is 0.500. The Kier molecular flexibility index (Phi) is 1.55. The minimum absolute atomic E-state index is 0.303. The lowest BCUT2D eigenvalue weighted by molar-refractivity contribution is -0.143. The van der Waals surface area contributed by atoms with Gasteiger partial charge in [0.05, 0.1) is 11.6 Å². The summed E-state index contributed by atoms with van der Waals surface area (Å²) in [5, 5.41) is 9.12. The van der Waals surface area contributed by atoms with Crippen LogP contribution < -0.4 is 4.90 Å². The molecule has 1 aliphatic carbocycles. The third kappa shape index (κ3) is 1.12. The predicted octanol–water partition coefficient (Wildman–Crippen LogP) is 0.387. The third-order valence-corrected chi connectivity index (χ3v) is 3.45. The molecule has 1 aliphatic heterocycles. The van der Waals surface area contributed by atoms with E-state index in [1.54, 1.807) is 18.6 Å². The molecule has 2 fully saturated rings. The molecule has 5 nitrogen and oxygen atoms in total. The summed E-state index contributed by atoms with van der Waals surface area (Å²) in [5.74, 6) is 0.418. The molecule has 1 saturated heterocycles. The molecule has 1 aromatic heterocycles. The average Bonchev–Trinajstić information content (AvgIpc) is 2.84. The molecule has 2 heterocycles. The normalized spacial score (nSPS) is 32.5. The minimum Gasteiger partial charge on any atom is -0.481 e. The minimum atomic E-state index is -0.668. The molecule has 0 amide bonds. The molecule has 0 spiro atoms. The van der Waals surface area contributed by atoms with Crippen LogP contribution in [0.25, 0.3) is 0 Å². The van der Waals surface area contributed by atoms with Gasteiger partial charge >= 0.3 is 5.97 Å². The summed E-state index contributed by atoms with van der Waals surface area (Å²) in [7, 11) is 0. The Balaban J connectivity index is 1.82. The third-order valence-electron chi connectivity index (χ3n) is 3.45. The lowest BCUT2D eigenvalue weighted by atomic mass is 10.1. The van der Waals surface area contributed by atoms with Gasteiger partial charge in [-0.3, -0.25) is 9.78 Å². The fourth-order valence-electron chi connectivity index (χ4n) is 2.44. The molecule has 5 heteroatoms. The monoisotopic (exact) mass is 205 g/mol. The Morgan fingerprint density at radius 1 is 1.60 bits per heavy atom. The van der Waals surface area contributed by atoms with E-state index < -0.39 is 11.4 Å². The van der Waals surface area contributed by atoms with Gasteiger partial charge in [-0.15, -0.1) is 0 Å². The Labute approximate surface area is 86.8 Å². The van der Waals surface area contributed by atoms with Crippen LogP contribution in [0.5, 0.6) is 0 Å². The molecular formula is C10H11N3O2. The van der Waals surface area contributed by atoms with E-state index in [1.807, 2.05) is 4.90 Å². The number of nitrogens with zero attached hydrogens (tertiary/aromatic N) is 3. The second-order valence-electron chi connectivity index (χ2n) is 4.31. The number of hydrogen-bond donors (Lipinski definition) is 1. The summed E-state index contributed by atoms with van der Waals surface area (Å²) in [6.45, 7) is 1.37. The lowest BCUT2D eigenvalue weighted by Crippen LogP contribution is -2.28. The topological polar surface area (TPSA) is 66.3 Å². The van der Waals surface area contributed by atoms with Crippen LogP contribution in [-0.4, -0.2) is 34.1 Å². The fourth-order valence-corrected chi connectivity index (χ4v) is 2.44. The van der Waals surface area contributed by atoms with Crippen LogP contribution in [0.1, 0.15) is 6.42 Å². The van der Waals surface area contributed by atoms with Crippen LogP contribution in [0, 0.1) is 11.3 Å². The number of piperidine rings is 1. The highest BCUT2D eigenvalue weighted by Crippen LogP contribution is 2.58. The van der Waals surface area contributed by atoms with E-state index >= 15 is 0 Å². The Morgan fingerprint density at radius 2 is 2.47 bits per heavy atom. The number of anilines is 1. The molecule has 78 valence electrons. The number of carbonyl (C=O) groups is 1. The van der Waals surface area contributed by atoms with Crippen LogP contribution in [0.2, 0.25) is 0 Å². The summed E-state index contributed by atoms with van der Waals surface area (Å²) >= 11 is 0. The van der Waals surface area contributed by atoms with Gasteiger partial charge in [0.25, 0.3) is 0 Å². The van der Waals surface area contributed by atoms with Crippen molar-refractivity contribution in [3.63, 3.8) is 0 Å². The van der Waals surface area contributed by atoms with Crippen molar-refractivity contribution in [2.75, 3.05) is 18.0 Å². The van der Waals surface area contributed by atoms with Crippen LogP contribution in [-0.2, 0) is 4.79 Å². The van der Waals surface area contributed by atoms with Crippen molar-refractivity contribution in [3.8, 4) is 0 Å². The van der Waals surface area contributed by atoms with E-state index in [0.29, 0.717) is 12.5 Å². The SMILES string of the molecule is O=C(O)C12CC1CN(c1cnccn1)C2. The molecule has 15 heavy (non-hydrogen) atoms. The maximum Gasteiger partial charge on any atom is 0.311 e. The largest absolute Gasteiger partial charge is 0.481 e. The molecule has 0 radical (unpaired) electrons. The number of aromatic nitrogens is 2. The van der Waals surface area contributed by atoms with Gasteiger partial charge in [-0.2, -0.15) is 0 Å². The van der Waals surface area contributed by atoms with Crippen LogP contribution in [0.4, 0.5) is 5.82 Å². The van der Waals surface area contributed by atoms with Crippen molar-refractivity contribution >= 4 is 11.8 Å². The number of carboxylic acids is 1. The molecule has 1 saturated carbocycles. The second kappa shape index (κ2) is 2.68. The van der Waals surface area contributed by atoms with E-state index in [0.717, 1.165) is 18.8 Å². The summed E-state index contributed by atoms with van der Waals surface area (Å²) in [6.07, 6.45) is 5.75. The van der Waals surface area contributed by atoms with Gasteiger partial charge in [0.15, 0.2) is 0 Å². The Bertz CT molecular complexity index is 408. The zero-order chi connectivity index (χ0) is 10.5. The number of carboxylic acid groups (broad SMARTS) is 1. The Hall–Kier alpha value is -1.65. The van der Waals surface area contributed by atoms with Crippen LogP contribution in [0.15, 0.2) is 18.6 Å². The van der Waals surface area contributed by atoms with E-state index in [-0.39, 0.29) is 0 Å². The standard InChI is InChI=1S/C10H11N3O2/c14-9(15)10-3-7(10)5-13(6-10)8-4-11-1-2-12-8/h1-2,4,7H,3,5-6H2,(H,14,15). The zero-order valence-corrected chi connectivity index (χ0v) is 8.13. The van der Waals surface area contributed by atoms with Crippen molar-refractivity contribution in [2.45, 2.75) is 6.42 Å². The molecular weight excluding hydrogens is 194 g/mol. The smallest absolute Gasteiger partial charge is 0.311 e. The molecule has 2 aliphatic rings. The average molecular weight is 205 g/mol. The zero-order valence-electron chi connectivity index (χ0n) is 8.13. The first kappa shape index (κ1) is 8.64. The van der Waals surface area contributed by atoms with Crippen LogP contribution in [0.3, 0.4) is 0 Å². The van der Waals surface area contributed by atoms with E-state index in [1.165, 1.54) is 0 Å². The maximum absolute atomic E-state index is 11.1. The number of aliphatic carboxylic acids is 1. The Morgan fingerprint density at radius 3 is 3.07 bits per heavy atom. The van der Waals surface area contributed by atoms with E-state index in [9.17, 15) is 4.79 Å². The molecule has 2 unspecified atom stereocenters. The number of fused-ring (bicyclic) bond motifs is 1. The number of rotatable bonds is 2. The molecule has 3 rings (SSSR count). The van der Waals surface area contributed by atoms with Crippen molar-refractivity contribution in [3.05, 3.63) is 18.6 Å². The molecule has 2 atom stereocenters. The first-order valence-corrected chi connectivity index (χ1v) is 4.97. The molecule has 0 bridgehead atoms. The van der Waals surface area contributed by atoms with E-state index in [4.69, 9.17) is 5.11 Å².